The Morgan fingerprint density at radius 1 is 0.692 bits per heavy atom. The van der Waals surface area contributed by atoms with Gasteiger partial charge in [-0.25, -0.2) is 0 Å². The predicted molar refractivity (Wildman–Crippen MR) is 185 cm³/mol. The number of hydrogen-bond acceptors (Lipinski definition) is 13. The van der Waals surface area contributed by atoms with Gasteiger partial charge in [0.25, 0.3) is 0 Å². The van der Waals surface area contributed by atoms with Crippen molar-refractivity contribution in [2.45, 2.75) is 172 Å². The summed E-state index contributed by atoms with van der Waals surface area (Å²) < 4.78 is 30.7. The summed E-state index contributed by atoms with van der Waals surface area (Å²) in [4.78, 5) is 0. The number of rotatable bonds is 7. The smallest absolute Gasteiger partial charge is 0.187 e. The third-order valence-electron chi connectivity index (χ3n) is 15.3. The van der Waals surface area contributed by atoms with Crippen molar-refractivity contribution in [3.63, 3.8) is 0 Å². The fourth-order valence-electron chi connectivity index (χ4n) is 12.5. The van der Waals surface area contributed by atoms with Gasteiger partial charge in [0.1, 0.15) is 54.9 Å². The zero-order valence-corrected chi connectivity index (χ0v) is 31.3. The summed E-state index contributed by atoms with van der Waals surface area (Å²) in [5, 5.41) is 84.0. The minimum atomic E-state index is -1.72. The van der Waals surface area contributed by atoms with Crippen molar-refractivity contribution in [2.24, 2.45) is 46.3 Å². The second kappa shape index (κ2) is 14.9. The molecule has 0 aromatic carbocycles. The quantitative estimate of drug-likeness (QED) is 0.136. The molecule has 22 atom stereocenters. The molecule has 52 heavy (non-hydrogen) atoms. The van der Waals surface area contributed by atoms with Gasteiger partial charge in [-0.05, 0) is 112 Å². The first-order valence-corrected chi connectivity index (χ1v) is 19.8. The van der Waals surface area contributed by atoms with Crippen LogP contribution < -0.4 is 0 Å². The van der Waals surface area contributed by atoms with Crippen LogP contribution in [0.1, 0.15) is 86.0 Å². The van der Waals surface area contributed by atoms with Crippen LogP contribution in [0.25, 0.3) is 0 Å². The highest BCUT2D eigenvalue weighted by atomic mass is 16.8. The van der Waals surface area contributed by atoms with Crippen LogP contribution in [0.3, 0.4) is 0 Å². The van der Waals surface area contributed by atoms with E-state index in [0.717, 1.165) is 56.9 Å². The van der Waals surface area contributed by atoms with Gasteiger partial charge in [0, 0.05) is 0 Å². The molecule has 0 amide bonds. The summed E-state index contributed by atoms with van der Waals surface area (Å²) in [6.45, 7) is 10.1. The van der Waals surface area contributed by atoms with Crippen molar-refractivity contribution in [2.75, 3.05) is 13.2 Å². The van der Waals surface area contributed by atoms with Crippen molar-refractivity contribution < 1.29 is 64.5 Å². The Bertz CT molecular complexity index is 1280. The summed E-state index contributed by atoms with van der Waals surface area (Å²) in [5.41, 5.74) is 1.42. The van der Waals surface area contributed by atoms with Gasteiger partial charge < -0.3 is 64.5 Å². The zero-order valence-electron chi connectivity index (χ0n) is 31.3. The molecule has 0 aromatic rings. The number of ether oxygens (including phenoxy) is 5. The highest BCUT2D eigenvalue weighted by Crippen LogP contribution is 2.69. The normalized spacial score (nSPS) is 56.2. The van der Waals surface area contributed by atoms with Crippen LogP contribution >= 0.6 is 0 Å². The molecule has 3 aliphatic heterocycles. The fourth-order valence-corrected chi connectivity index (χ4v) is 12.5. The molecule has 0 aromatic heterocycles. The van der Waals surface area contributed by atoms with Crippen LogP contribution in [0.15, 0.2) is 11.6 Å². The van der Waals surface area contributed by atoms with Crippen LogP contribution in [-0.2, 0) is 23.7 Å². The Labute approximate surface area is 307 Å². The minimum Gasteiger partial charge on any atom is -0.394 e. The van der Waals surface area contributed by atoms with Crippen LogP contribution in [0.2, 0.25) is 0 Å². The van der Waals surface area contributed by atoms with Gasteiger partial charge in [-0.15, -0.1) is 0 Å². The molecule has 7 rings (SSSR count). The SMILES string of the molecule is CC(C)=C[C@@H]1O[C@H]2C[C@H]3[C@@H]4CC[C@@H]5C[C@@H](O[C@@H]6O[C@H](CO)[C@@H](O)[C@H](O)[C@H]6O[C@@H]6O[C@H](CO)[C@@H](O)[C@H](O)[C@H]6O)CC[C@]5(C)[C@H]4CC[C@]3(C)[C@H]2[C@H](C)[C@H]1O. The Hall–Kier alpha value is -0.780. The van der Waals surface area contributed by atoms with E-state index in [2.05, 4.69) is 40.7 Å². The van der Waals surface area contributed by atoms with Gasteiger partial charge in [-0.1, -0.05) is 32.4 Å². The molecule has 0 bridgehead atoms. The van der Waals surface area contributed by atoms with Gasteiger partial charge in [-0.2, -0.15) is 0 Å². The molecule has 13 heteroatoms. The highest BCUT2D eigenvalue weighted by Gasteiger charge is 2.65. The molecule has 0 spiro atoms. The maximum Gasteiger partial charge on any atom is 0.187 e. The third kappa shape index (κ3) is 6.55. The molecule has 7 aliphatic rings. The van der Waals surface area contributed by atoms with E-state index in [9.17, 15) is 40.9 Å². The van der Waals surface area contributed by atoms with Crippen LogP contribution in [0, 0.1) is 46.3 Å². The van der Waals surface area contributed by atoms with Crippen LogP contribution in [0.4, 0.5) is 0 Å². The van der Waals surface area contributed by atoms with Crippen molar-refractivity contribution in [1.29, 1.82) is 0 Å². The second-order valence-electron chi connectivity index (χ2n) is 18.2. The van der Waals surface area contributed by atoms with E-state index in [-0.39, 0.29) is 35.1 Å². The molecule has 7 fully saturated rings. The number of allylic oxidation sites excluding steroid dienone is 1. The van der Waals surface area contributed by atoms with Crippen LogP contribution in [0.5, 0.6) is 0 Å². The molecule has 3 heterocycles. The van der Waals surface area contributed by atoms with E-state index in [4.69, 9.17) is 23.7 Å². The second-order valence-corrected chi connectivity index (χ2v) is 18.2. The van der Waals surface area contributed by atoms with Gasteiger partial charge in [-0.3, -0.25) is 0 Å². The lowest BCUT2D eigenvalue weighted by molar-refractivity contribution is -0.373. The summed E-state index contributed by atoms with van der Waals surface area (Å²) in [6.07, 6.45) is -5.42. The molecule has 0 radical (unpaired) electrons. The summed E-state index contributed by atoms with van der Waals surface area (Å²) in [6, 6.07) is 0. The monoisotopic (exact) mass is 740 g/mol. The molecule has 4 aliphatic carbocycles. The molecule has 298 valence electrons. The molecule has 4 saturated carbocycles. The van der Waals surface area contributed by atoms with Crippen molar-refractivity contribution in [1.82, 2.24) is 0 Å². The highest BCUT2D eigenvalue weighted by molar-refractivity contribution is 5.16. The first-order chi connectivity index (χ1) is 24.6. The van der Waals surface area contributed by atoms with E-state index in [1.54, 1.807) is 0 Å². The first-order valence-electron chi connectivity index (χ1n) is 19.8. The van der Waals surface area contributed by atoms with E-state index >= 15 is 0 Å². The molecule has 0 unspecified atom stereocenters. The van der Waals surface area contributed by atoms with Gasteiger partial charge in [0.2, 0.25) is 0 Å². The maximum absolute atomic E-state index is 11.3. The number of fused-ring (bicyclic) bond motifs is 7. The summed E-state index contributed by atoms with van der Waals surface area (Å²) in [7, 11) is 0. The zero-order chi connectivity index (χ0) is 37.4. The van der Waals surface area contributed by atoms with E-state index in [0.29, 0.717) is 29.6 Å². The van der Waals surface area contributed by atoms with Gasteiger partial charge in [0.15, 0.2) is 12.6 Å². The number of aliphatic hydroxyl groups is 8. The summed E-state index contributed by atoms with van der Waals surface area (Å²) in [5.74, 6) is 2.63. The Morgan fingerprint density at radius 3 is 2.02 bits per heavy atom. The largest absolute Gasteiger partial charge is 0.394 e. The fraction of sp³-hybridized carbons (Fsp3) is 0.949. The standard InChI is InChI=1S/C39H64O13/c1-17(2)12-25-29(42)18(3)28-24(49-25)14-23-21-7-6-19-13-20(8-10-38(19,4)22(21)9-11-39(23,28)5)48-37-35(33(46)31(44)27(16-41)51-37)52-36-34(47)32(45)30(43)26(15-40)50-36/h12,18-37,40-47H,6-11,13-16H2,1-5H3/t18-,19+,20-,21+,22-,23-,24-,25-,26+,27+,28-,29+,30+,31+,32-,33-,34+,35+,36-,37+,38-,39-/m0/s1. The third-order valence-corrected chi connectivity index (χ3v) is 15.3. The number of hydrogen-bond donors (Lipinski definition) is 8. The predicted octanol–water partition coefficient (Wildman–Crippen LogP) is 0.995. The van der Waals surface area contributed by atoms with E-state index in [1.165, 1.54) is 0 Å². The Morgan fingerprint density at radius 2 is 1.35 bits per heavy atom. The van der Waals surface area contributed by atoms with Crippen molar-refractivity contribution in [3.05, 3.63) is 11.6 Å². The molecule has 8 N–H and O–H groups in total. The molecule has 3 saturated heterocycles. The maximum atomic E-state index is 11.3. The lowest BCUT2D eigenvalue weighted by atomic mass is 9.44. The van der Waals surface area contributed by atoms with Crippen LogP contribution in [-0.4, -0.2) is 140 Å². The van der Waals surface area contributed by atoms with Crippen molar-refractivity contribution in [3.8, 4) is 0 Å². The average molecular weight is 741 g/mol. The Balaban J connectivity index is 1.04. The molecular weight excluding hydrogens is 676 g/mol. The van der Waals surface area contributed by atoms with E-state index in [1.807, 2.05) is 0 Å². The lowest BCUT2D eigenvalue weighted by Gasteiger charge is -2.61. The lowest BCUT2D eigenvalue weighted by Crippen LogP contribution is -2.65. The minimum absolute atomic E-state index is 0.122. The van der Waals surface area contributed by atoms with Crippen molar-refractivity contribution >= 4 is 0 Å². The first kappa shape index (κ1) is 39.5. The topological polar surface area (TPSA) is 208 Å². The summed E-state index contributed by atoms with van der Waals surface area (Å²) >= 11 is 0. The van der Waals surface area contributed by atoms with Gasteiger partial charge >= 0.3 is 0 Å². The van der Waals surface area contributed by atoms with Gasteiger partial charge in [0.05, 0.1) is 31.5 Å². The Kier molecular flexibility index (Phi) is 11.3. The molecular formula is C39H64O13. The van der Waals surface area contributed by atoms with E-state index < -0.39 is 80.7 Å². The molecule has 13 nitrogen and oxygen atoms in total. The average Bonchev–Trinajstić information content (AvgIpc) is 3.42. The number of aliphatic hydroxyl groups excluding tert-OH is 8.